The van der Waals surface area contributed by atoms with Crippen molar-refractivity contribution in [2.24, 2.45) is 11.0 Å². The molecule has 0 aromatic heterocycles. The number of hydrogen-bond acceptors (Lipinski definition) is 5. The van der Waals surface area contributed by atoms with Crippen molar-refractivity contribution < 1.29 is 23.6 Å². The highest BCUT2D eigenvalue weighted by atomic mass is 19.1. The van der Waals surface area contributed by atoms with E-state index in [0.29, 0.717) is 15.8 Å². The molecule has 1 aliphatic heterocycles. The number of urea groups is 1. The standard InChI is InChI=1S/C22H15FN4O4/c23-17-10-3-4-11-18(17)27-21(30)16(19(28)25-22(27)31)12-24-26-20(29)15-9-5-7-13-6-1-2-8-14(13)15/h1-12,16H,(H,26,29)(H,25,28,31)/b24-12-/t16-/m1/s1. The second-order valence-corrected chi connectivity index (χ2v) is 6.64. The highest BCUT2D eigenvalue weighted by Gasteiger charge is 2.41. The zero-order chi connectivity index (χ0) is 22.0. The molecule has 0 bridgehead atoms. The molecule has 5 amide bonds. The Labute approximate surface area is 175 Å². The summed E-state index contributed by atoms with van der Waals surface area (Å²) in [6, 6.07) is 16.6. The van der Waals surface area contributed by atoms with Crippen molar-refractivity contribution in [2.45, 2.75) is 0 Å². The van der Waals surface area contributed by atoms with Gasteiger partial charge in [0, 0.05) is 11.8 Å². The van der Waals surface area contributed by atoms with Crippen molar-refractivity contribution in [1.82, 2.24) is 10.7 Å². The first-order valence-corrected chi connectivity index (χ1v) is 9.22. The van der Waals surface area contributed by atoms with Gasteiger partial charge in [-0.05, 0) is 29.0 Å². The molecule has 4 rings (SSSR count). The molecule has 0 spiro atoms. The number of barbiturate groups is 1. The molecule has 8 nitrogen and oxygen atoms in total. The summed E-state index contributed by atoms with van der Waals surface area (Å²) in [6.07, 6.45) is 0.904. The van der Waals surface area contributed by atoms with E-state index in [1.807, 2.05) is 23.5 Å². The molecule has 1 fully saturated rings. The van der Waals surface area contributed by atoms with Crippen molar-refractivity contribution in [1.29, 1.82) is 0 Å². The van der Waals surface area contributed by atoms with Crippen LogP contribution in [0.3, 0.4) is 0 Å². The fourth-order valence-corrected chi connectivity index (χ4v) is 3.24. The number of fused-ring (bicyclic) bond motifs is 1. The fourth-order valence-electron chi connectivity index (χ4n) is 3.24. The van der Waals surface area contributed by atoms with Crippen molar-refractivity contribution >= 4 is 46.4 Å². The lowest BCUT2D eigenvalue weighted by molar-refractivity contribution is -0.131. The van der Waals surface area contributed by atoms with Gasteiger partial charge in [-0.2, -0.15) is 5.10 Å². The smallest absolute Gasteiger partial charge is 0.276 e. The second kappa shape index (κ2) is 8.15. The number of benzene rings is 3. The van der Waals surface area contributed by atoms with Crippen LogP contribution in [0.25, 0.3) is 10.8 Å². The number of carbonyl (C=O) groups is 4. The highest BCUT2D eigenvalue weighted by Crippen LogP contribution is 2.23. The first-order valence-electron chi connectivity index (χ1n) is 9.22. The van der Waals surface area contributed by atoms with Gasteiger partial charge in [0.15, 0.2) is 5.92 Å². The van der Waals surface area contributed by atoms with Gasteiger partial charge in [0.25, 0.3) is 11.8 Å². The normalized spacial score (nSPS) is 16.6. The van der Waals surface area contributed by atoms with Gasteiger partial charge in [-0.3, -0.25) is 19.7 Å². The number of hydrogen-bond donors (Lipinski definition) is 2. The predicted molar refractivity (Wildman–Crippen MR) is 111 cm³/mol. The van der Waals surface area contributed by atoms with Crippen LogP contribution in [0.1, 0.15) is 10.4 Å². The van der Waals surface area contributed by atoms with Gasteiger partial charge in [0.2, 0.25) is 5.91 Å². The monoisotopic (exact) mass is 418 g/mol. The summed E-state index contributed by atoms with van der Waals surface area (Å²) in [6.45, 7) is 0. The molecule has 1 aliphatic rings. The van der Waals surface area contributed by atoms with Crippen LogP contribution < -0.4 is 15.6 Å². The molecule has 31 heavy (non-hydrogen) atoms. The number of para-hydroxylation sites is 1. The average molecular weight is 418 g/mol. The topological polar surface area (TPSA) is 108 Å². The number of rotatable bonds is 4. The zero-order valence-corrected chi connectivity index (χ0v) is 15.9. The molecule has 9 heteroatoms. The number of halogens is 1. The zero-order valence-electron chi connectivity index (χ0n) is 15.9. The maximum Gasteiger partial charge on any atom is 0.335 e. The lowest BCUT2D eigenvalue weighted by Gasteiger charge is -2.28. The van der Waals surface area contributed by atoms with Crippen LogP contribution >= 0.6 is 0 Å². The van der Waals surface area contributed by atoms with Crippen molar-refractivity contribution in [2.75, 3.05) is 4.90 Å². The molecule has 0 saturated carbocycles. The summed E-state index contributed by atoms with van der Waals surface area (Å²) in [5, 5.41) is 7.27. The van der Waals surface area contributed by atoms with Crippen molar-refractivity contribution in [3.05, 3.63) is 78.1 Å². The summed E-state index contributed by atoms with van der Waals surface area (Å²) in [5.74, 6) is -4.78. The van der Waals surface area contributed by atoms with Gasteiger partial charge in [-0.1, -0.05) is 48.5 Å². The van der Waals surface area contributed by atoms with Crippen LogP contribution in [-0.4, -0.2) is 30.0 Å². The van der Waals surface area contributed by atoms with Crippen LogP contribution in [0.4, 0.5) is 14.9 Å². The maximum absolute atomic E-state index is 14.1. The van der Waals surface area contributed by atoms with Crippen LogP contribution in [0.5, 0.6) is 0 Å². The Hall–Kier alpha value is -4.40. The molecule has 3 aromatic rings. The van der Waals surface area contributed by atoms with Gasteiger partial charge in [0.05, 0.1) is 5.69 Å². The molecule has 154 valence electrons. The maximum atomic E-state index is 14.1. The molecule has 1 saturated heterocycles. The minimum absolute atomic E-state index is 0.296. The minimum atomic E-state index is -1.52. The molecule has 0 unspecified atom stereocenters. The van der Waals surface area contributed by atoms with E-state index in [1.54, 1.807) is 24.3 Å². The Morgan fingerprint density at radius 1 is 1.00 bits per heavy atom. The highest BCUT2D eigenvalue weighted by molar-refractivity contribution is 6.32. The molecule has 0 aliphatic carbocycles. The third-order valence-corrected chi connectivity index (χ3v) is 4.72. The average Bonchev–Trinajstić information content (AvgIpc) is 2.76. The molecule has 1 atom stereocenters. The van der Waals surface area contributed by atoms with E-state index in [0.717, 1.165) is 17.7 Å². The van der Waals surface area contributed by atoms with Crippen LogP contribution in [0, 0.1) is 11.7 Å². The van der Waals surface area contributed by atoms with Gasteiger partial charge < -0.3 is 0 Å². The third-order valence-electron chi connectivity index (χ3n) is 4.72. The van der Waals surface area contributed by atoms with E-state index in [4.69, 9.17) is 0 Å². The number of hydrazone groups is 1. The number of nitrogens with zero attached hydrogens (tertiary/aromatic N) is 2. The van der Waals surface area contributed by atoms with Gasteiger partial charge in [-0.15, -0.1) is 0 Å². The van der Waals surface area contributed by atoms with Gasteiger partial charge >= 0.3 is 6.03 Å². The minimum Gasteiger partial charge on any atom is -0.276 e. The number of imide groups is 2. The van der Waals surface area contributed by atoms with E-state index >= 15 is 0 Å². The summed E-state index contributed by atoms with van der Waals surface area (Å²) in [5.41, 5.74) is 2.34. The van der Waals surface area contributed by atoms with E-state index in [2.05, 4.69) is 10.5 Å². The fraction of sp³-hybridized carbons (Fsp3) is 0.0455. The summed E-state index contributed by atoms with van der Waals surface area (Å²) in [7, 11) is 0. The molecule has 0 radical (unpaired) electrons. The van der Waals surface area contributed by atoms with E-state index in [1.165, 1.54) is 18.2 Å². The van der Waals surface area contributed by atoms with Crippen LogP contribution in [0.2, 0.25) is 0 Å². The largest absolute Gasteiger partial charge is 0.335 e. The van der Waals surface area contributed by atoms with E-state index in [9.17, 15) is 23.6 Å². The van der Waals surface area contributed by atoms with Crippen LogP contribution in [-0.2, 0) is 9.59 Å². The van der Waals surface area contributed by atoms with Crippen molar-refractivity contribution in [3.8, 4) is 0 Å². The van der Waals surface area contributed by atoms with Gasteiger partial charge in [0.1, 0.15) is 5.82 Å². The Morgan fingerprint density at radius 3 is 2.52 bits per heavy atom. The number of anilines is 1. The second-order valence-electron chi connectivity index (χ2n) is 6.64. The first-order chi connectivity index (χ1) is 15.0. The third kappa shape index (κ3) is 3.76. The van der Waals surface area contributed by atoms with Gasteiger partial charge in [-0.25, -0.2) is 19.5 Å². The first kappa shape index (κ1) is 19.9. The predicted octanol–water partition coefficient (Wildman–Crippen LogP) is 2.59. The molecule has 1 heterocycles. The summed E-state index contributed by atoms with van der Waals surface area (Å²) < 4.78 is 14.1. The number of carbonyl (C=O) groups excluding carboxylic acids is 4. The number of nitrogens with one attached hydrogen (secondary N) is 2. The molecule has 3 aromatic carbocycles. The quantitative estimate of drug-likeness (QED) is 0.386. The summed E-state index contributed by atoms with van der Waals surface area (Å²) in [4.78, 5) is 50.0. The van der Waals surface area contributed by atoms with Crippen molar-refractivity contribution in [3.63, 3.8) is 0 Å². The number of amides is 5. The Morgan fingerprint density at radius 2 is 1.71 bits per heavy atom. The molecule has 2 N–H and O–H groups in total. The SMILES string of the molecule is O=C(N/N=C\[C@@H]1C(=O)NC(=O)N(c2ccccc2F)C1=O)c1cccc2ccccc12. The Balaban J connectivity index is 1.54. The Kier molecular flexibility index (Phi) is 5.23. The van der Waals surface area contributed by atoms with Crippen LogP contribution in [0.15, 0.2) is 71.8 Å². The van der Waals surface area contributed by atoms with E-state index < -0.39 is 35.5 Å². The Bertz CT molecular complexity index is 1250. The lowest BCUT2D eigenvalue weighted by Crippen LogP contribution is -2.59. The molecular formula is C22H15FN4O4. The van der Waals surface area contributed by atoms with E-state index in [-0.39, 0.29) is 5.69 Å². The summed E-state index contributed by atoms with van der Waals surface area (Å²) >= 11 is 0. The molecular weight excluding hydrogens is 403 g/mol. The lowest BCUT2D eigenvalue weighted by atomic mass is 10.0.